The van der Waals surface area contributed by atoms with E-state index in [4.69, 9.17) is 16.7 Å². The highest BCUT2D eigenvalue weighted by Crippen LogP contribution is 2.26. The zero-order valence-electron chi connectivity index (χ0n) is 10.7. The summed E-state index contributed by atoms with van der Waals surface area (Å²) in [5.41, 5.74) is 0.813. The van der Waals surface area contributed by atoms with Gasteiger partial charge in [-0.25, -0.2) is 4.79 Å². The monoisotopic (exact) mass is 281 g/mol. The average molecular weight is 282 g/mol. The summed E-state index contributed by atoms with van der Waals surface area (Å²) in [4.78, 5) is 25.0. The fourth-order valence-electron chi connectivity index (χ4n) is 2.45. The zero-order chi connectivity index (χ0) is 14.0. The summed E-state index contributed by atoms with van der Waals surface area (Å²) in [5, 5.41) is 9.69. The Hall–Kier alpha value is -1.55. The topological polar surface area (TPSA) is 57.6 Å². The lowest BCUT2D eigenvalue weighted by atomic mass is 9.99. The van der Waals surface area contributed by atoms with E-state index < -0.39 is 12.0 Å². The number of hydrogen-bond donors (Lipinski definition) is 1. The maximum atomic E-state index is 12.4. The van der Waals surface area contributed by atoms with E-state index in [0.717, 1.165) is 12.0 Å². The summed E-state index contributed by atoms with van der Waals surface area (Å²) in [6.45, 7) is 2.30. The van der Waals surface area contributed by atoms with Crippen molar-refractivity contribution in [3.63, 3.8) is 0 Å². The van der Waals surface area contributed by atoms with Crippen LogP contribution in [0.15, 0.2) is 24.3 Å². The first-order chi connectivity index (χ1) is 9.00. The summed E-state index contributed by atoms with van der Waals surface area (Å²) >= 11 is 5.91. The number of likely N-dealkylation sites (tertiary alicyclic amines) is 1. The minimum absolute atomic E-state index is 0.146. The van der Waals surface area contributed by atoms with Crippen LogP contribution < -0.4 is 0 Å². The molecule has 0 aliphatic carbocycles. The first-order valence-electron chi connectivity index (χ1n) is 6.29. The van der Waals surface area contributed by atoms with Crippen molar-refractivity contribution in [3.8, 4) is 0 Å². The number of amides is 1. The molecule has 1 aromatic carbocycles. The van der Waals surface area contributed by atoms with Crippen LogP contribution >= 0.6 is 11.6 Å². The van der Waals surface area contributed by atoms with Crippen molar-refractivity contribution < 1.29 is 14.7 Å². The molecule has 1 amide bonds. The first-order valence-corrected chi connectivity index (χ1v) is 6.67. The molecule has 2 atom stereocenters. The molecule has 5 heteroatoms. The minimum atomic E-state index is -0.927. The van der Waals surface area contributed by atoms with Gasteiger partial charge in [0.25, 0.3) is 0 Å². The van der Waals surface area contributed by atoms with Crippen molar-refractivity contribution in [2.45, 2.75) is 31.7 Å². The molecule has 0 unspecified atom stereocenters. The predicted molar refractivity (Wildman–Crippen MR) is 72.2 cm³/mol. The van der Waals surface area contributed by atoms with Crippen LogP contribution in [-0.2, 0) is 9.59 Å². The lowest BCUT2D eigenvalue weighted by molar-refractivity contribution is -0.148. The zero-order valence-corrected chi connectivity index (χ0v) is 11.4. The van der Waals surface area contributed by atoms with Crippen LogP contribution in [0.1, 0.15) is 31.2 Å². The van der Waals surface area contributed by atoms with Crippen molar-refractivity contribution in [2.24, 2.45) is 0 Å². The molecule has 0 aromatic heterocycles. The normalized spacial score (nSPS) is 20.3. The van der Waals surface area contributed by atoms with Gasteiger partial charge in [-0.05, 0) is 37.5 Å². The molecule has 1 heterocycles. The summed E-state index contributed by atoms with van der Waals surface area (Å²) < 4.78 is 0. The Morgan fingerprint density at radius 2 is 2.21 bits per heavy atom. The Bertz CT molecular complexity index is 503. The number of carbonyl (C=O) groups excluding carboxylic acids is 1. The molecule has 1 aromatic rings. The van der Waals surface area contributed by atoms with E-state index in [1.807, 2.05) is 6.07 Å². The Morgan fingerprint density at radius 1 is 1.47 bits per heavy atom. The van der Waals surface area contributed by atoms with Crippen LogP contribution in [0.3, 0.4) is 0 Å². The van der Waals surface area contributed by atoms with Crippen molar-refractivity contribution in [1.29, 1.82) is 0 Å². The van der Waals surface area contributed by atoms with Gasteiger partial charge in [0.05, 0.1) is 5.92 Å². The Kier molecular flexibility index (Phi) is 4.10. The molecular formula is C14H16ClNO3. The van der Waals surface area contributed by atoms with Gasteiger partial charge in [-0.15, -0.1) is 0 Å². The van der Waals surface area contributed by atoms with Crippen LogP contribution in [-0.4, -0.2) is 34.5 Å². The number of hydrogen-bond acceptors (Lipinski definition) is 2. The molecule has 1 saturated heterocycles. The van der Waals surface area contributed by atoms with E-state index in [0.29, 0.717) is 18.0 Å². The van der Waals surface area contributed by atoms with Gasteiger partial charge in [-0.1, -0.05) is 23.7 Å². The van der Waals surface area contributed by atoms with E-state index in [-0.39, 0.29) is 11.8 Å². The van der Waals surface area contributed by atoms with E-state index in [1.165, 1.54) is 4.90 Å². The van der Waals surface area contributed by atoms with Crippen LogP contribution in [0.2, 0.25) is 5.02 Å². The molecular weight excluding hydrogens is 266 g/mol. The number of benzene rings is 1. The van der Waals surface area contributed by atoms with Crippen LogP contribution in [0.4, 0.5) is 0 Å². The van der Waals surface area contributed by atoms with Gasteiger partial charge in [-0.3, -0.25) is 4.79 Å². The number of halogens is 1. The number of nitrogens with zero attached hydrogens (tertiary/aromatic N) is 1. The van der Waals surface area contributed by atoms with Crippen molar-refractivity contribution >= 4 is 23.5 Å². The van der Waals surface area contributed by atoms with E-state index in [9.17, 15) is 9.59 Å². The predicted octanol–water partition coefficient (Wildman–Crippen LogP) is 2.52. The molecule has 1 N–H and O–H groups in total. The Balaban J connectivity index is 2.17. The highest BCUT2D eigenvalue weighted by molar-refractivity contribution is 6.30. The van der Waals surface area contributed by atoms with E-state index >= 15 is 0 Å². The molecule has 0 bridgehead atoms. The van der Waals surface area contributed by atoms with Gasteiger partial charge in [0, 0.05) is 11.6 Å². The van der Waals surface area contributed by atoms with Crippen molar-refractivity contribution in [3.05, 3.63) is 34.9 Å². The van der Waals surface area contributed by atoms with Crippen molar-refractivity contribution in [1.82, 2.24) is 4.90 Å². The third-order valence-electron chi connectivity index (χ3n) is 3.54. The molecule has 19 heavy (non-hydrogen) atoms. The quantitative estimate of drug-likeness (QED) is 0.926. The second-order valence-electron chi connectivity index (χ2n) is 4.80. The summed E-state index contributed by atoms with van der Waals surface area (Å²) in [6.07, 6.45) is 1.27. The third-order valence-corrected chi connectivity index (χ3v) is 3.78. The highest BCUT2D eigenvalue weighted by atomic mass is 35.5. The first kappa shape index (κ1) is 13.9. The largest absolute Gasteiger partial charge is 0.480 e. The molecule has 2 rings (SSSR count). The van der Waals surface area contributed by atoms with E-state index in [1.54, 1.807) is 25.1 Å². The number of carboxylic acids is 1. The maximum absolute atomic E-state index is 12.4. The van der Waals surface area contributed by atoms with Gasteiger partial charge in [-0.2, -0.15) is 0 Å². The lowest BCUT2D eigenvalue weighted by Gasteiger charge is -2.25. The smallest absolute Gasteiger partial charge is 0.326 e. The maximum Gasteiger partial charge on any atom is 0.326 e. The van der Waals surface area contributed by atoms with Crippen molar-refractivity contribution in [2.75, 3.05) is 6.54 Å². The molecule has 1 aliphatic rings. The summed E-state index contributed by atoms with van der Waals surface area (Å²) in [5.74, 6) is -1.45. The minimum Gasteiger partial charge on any atom is -0.480 e. The second kappa shape index (κ2) is 5.61. The van der Waals surface area contributed by atoms with Gasteiger partial charge in [0.2, 0.25) is 5.91 Å². The molecule has 0 radical (unpaired) electrons. The van der Waals surface area contributed by atoms with Crippen LogP contribution in [0, 0.1) is 0 Å². The molecule has 1 fully saturated rings. The molecule has 4 nitrogen and oxygen atoms in total. The number of rotatable bonds is 3. The fourth-order valence-corrected chi connectivity index (χ4v) is 2.65. The molecule has 0 spiro atoms. The number of carboxylic acid groups (broad SMARTS) is 1. The van der Waals surface area contributed by atoms with Crippen LogP contribution in [0.5, 0.6) is 0 Å². The highest BCUT2D eigenvalue weighted by Gasteiger charge is 2.36. The SMILES string of the molecule is C[C@H](C(=O)N1CCC[C@H]1C(=O)O)c1cccc(Cl)c1. The van der Waals surface area contributed by atoms with Gasteiger partial charge < -0.3 is 10.0 Å². The Labute approximate surface area is 117 Å². The van der Waals surface area contributed by atoms with E-state index in [2.05, 4.69) is 0 Å². The molecule has 1 aliphatic heterocycles. The second-order valence-corrected chi connectivity index (χ2v) is 5.24. The standard InChI is InChI=1S/C14H16ClNO3/c1-9(10-4-2-5-11(15)8-10)13(17)16-7-3-6-12(16)14(18)19/h2,4-5,8-9,12H,3,6-7H2,1H3,(H,18,19)/t9-,12-/m0/s1. The number of aliphatic carboxylic acids is 1. The Morgan fingerprint density at radius 3 is 2.84 bits per heavy atom. The third kappa shape index (κ3) is 2.89. The summed E-state index contributed by atoms with van der Waals surface area (Å²) in [7, 11) is 0. The lowest BCUT2D eigenvalue weighted by Crippen LogP contribution is -2.42. The van der Waals surface area contributed by atoms with Crippen LogP contribution in [0.25, 0.3) is 0 Å². The number of carbonyl (C=O) groups is 2. The average Bonchev–Trinajstić information content (AvgIpc) is 2.86. The van der Waals surface area contributed by atoms with Gasteiger partial charge in [0.1, 0.15) is 6.04 Å². The van der Waals surface area contributed by atoms with Gasteiger partial charge >= 0.3 is 5.97 Å². The van der Waals surface area contributed by atoms with Gasteiger partial charge in [0.15, 0.2) is 0 Å². The summed E-state index contributed by atoms with van der Waals surface area (Å²) in [6, 6.07) is 6.43. The molecule has 0 saturated carbocycles. The fraction of sp³-hybridized carbons (Fsp3) is 0.429. The molecule has 102 valence electrons.